The van der Waals surface area contributed by atoms with E-state index >= 15 is 0 Å². The largest absolute Gasteiger partial charge is 0.497 e. The SMILES string of the molecule is CCOCCCNC(=O)CN1CCN(c2cc(OC)ccc2OC)C1=O. The molecule has 8 nitrogen and oxygen atoms in total. The van der Waals surface area contributed by atoms with Crippen molar-refractivity contribution in [1.82, 2.24) is 10.2 Å². The maximum absolute atomic E-state index is 12.7. The topological polar surface area (TPSA) is 80.3 Å². The number of methoxy groups -OCH3 is 2. The Bertz CT molecular complexity index is 623. The highest BCUT2D eigenvalue weighted by Gasteiger charge is 2.32. The van der Waals surface area contributed by atoms with E-state index in [-0.39, 0.29) is 18.5 Å². The standard InChI is InChI=1S/C18H27N3O5/c1-4-26-11-5-8-19-17(22)13-20-9-10-21(18(20)23)15-12-14(24-2)6-7-16(15)25-3/h6-7,12H,4-5,8-11,13H2,1-3H3,(H,19,22). The lowest BCUT2D eigenvalue weighted by atomic mass is 10.2. The number of nitrogens with one attached hydrogen (secondary N) is 1. The van der Waals surface area contributed by atoms with Crippen LogP contribution >= 0.6 is 0 Å². The lowest BCUT2D eigenvalue weighted by Crippen LogP contribution is -2.40. The Morgan fingerprint density at radius 3 is 2.73 bits per heavy atom. The molecule has 144 valence electrons. The van der Waals surface area contributed by atoms with Gasteiger partial charge >= 0.3 is 6.03 Å². The van der Waals surface area contributed by atoms with Crippen LogP contribution in [0.4, 0.5) is 10.5 Å². The van der Waals surface area contributed by atoms with Gasteiger partial charge in [-0.2, -0.15) is 0 Å². The zero-order valence-corrected chi connectivity index (χ0v) is 15.6. The highest BCUT2D eigenvalue weighted by molar-refractivity contribution is 5.97. The molecule has 1 aliphatic heterocycles. The van der Waals surface area contributed by atoms with E-state index in [2.05, 4.69) is 5.32 Å². The molecule has 1 N–H and O–H groups in total. The fourth-order valence-electron chi connectivity index (χ4n) is 2.74. The van der Waals surface area contributed by atoms with Gasteiger partial charge in [0, 0.05) is 38.9 Å². The van der Waals surface area contributed by atoms with Gasteiger partial charge in [0.25, 0.3) is 0 Å². The zero-order chi connectivity index (χ0) is 18.9. The zero-order valence-electron chi connectivity index (χ0n) is 15.6. The Hall–Kier alpha value is -2.48. The normalized spacial score (nSPS) is 13.9. The molecule has 0 saturated carbocycles. The number of carbonyl (C=O) groups excluding carboxylic acids is 2. The van der Waals surface area contributed by atoms with Gasteiger partial charge < -0.3 is 24.4 Å². The molecule has 1 aromatic rings. The number of nitrogens with zero attached hydrogens (tertiary/aromatic N) is 2. The van der Waals surface area contributed by atoms with Crippen molar-refractivity contribution in [2.75, 3.05) is 58.5 Å². The lowest BCUT2D eigenvalue weighted by molar-refractivity contribution is -0.121. The van der Waals surface area contributed by atoms with E-state index in [4.69, 9.17) is 14.2 Å². The van der Waals surface area contributed by atoms with E-state index < -0.39 is 0 Å². The summed E-state index contributed by atoms with van der Waals surface area (Å²) in [5, 5.41) is 2.81. The van der Waals surface area contributed by atoms with Gasteiger partial charge in [-0.05, 0) is 25.5 Å². The minimum Gasteiger partial charge on any atom is -0.497 e. The third-order valence-corrected chi connectivity index (χ3v) is 4.10. The fourth-order valence-corrected chi connectivity index (χ4v) is 2.74. The van der Waals surface area contributed by atoms with Crippen molar-refractivity contribution in [3.8, 4) is 11.5 Å². The molecule has 0 bridgehead atoms. The smallest absolute Gasteiger partial charge is 0.325 e. The Morgan fingerprint density at radius 1 is 1.23 bits per heavy atom. The third-order valence-electron chi connectivity index (χ3n) is 4.10. The number of benzene rings is 1. The van der Waals surface area contributed by atoms with Gasteiger partial charge in [-0.3, -0.25) is 9.69 Å². The van der Waals surface area contributed by atoms with Crippen LogP contribution < -0.4 is 19.7 Å². The van der Waals surface area contributed by atoms with Gasteiger partial charge in [-0.15, -0.1) is 0 Å². The summed E-state index contributed by atoms with van der Waals surface area (Å²) in [6.45, 7) is 4.75. The van der Waals surface area contributed by atoms with Crippen LogP contribution in [0.5, 0.6) is 11.5 Å². The molecule has 0 unspecified atom stereocenters. The predicted molar refractivity (Wildman–Crippen MR) is 98.0 cm³/mol. The first-order valence-electron chi connectivity index (χ1n) is 8.73. The van der Waals surface area contributed by atoms with Crippen LogP contribution in [-0.4, -0.2) is 70.5 Å². The molecule has 1 saturated heterocycles. The summed E-state index contributed by atoms with van der Waals surface area (Å²) in [4.78, 5) is 27.8. The molecule has 0 aromatic heterocycles. The number of carbonyl (C=O) groups is 2. The van der Waals surface area contributed by atoms with E-state index in [1.54, 1.807) is 37.3 Å². The number of urea groups is 1. The van der Waals surface area contributed by atoms with Crippen LogP contribution in [0.2, 0.25) is 0 Å². The predicted octanol–water partition coefficient (Wildman–Crippen LogP) is 1.49. The molecule has 1 aliphatic rings. The number of ether oxygens (including phenoxy) is 3. The van der Waals surface area contributed by atoms with Crippen molar-refractivity contribution in [2.24, 2.45) is 0 Å². The quantitative estimate of drug-likeness (QED) is 0.636. The van der Waals surface area contributed by atoms with Gasteiger partial charge in [-0.1, -0.05) is 0 Å². The molecule has 3 amide bonds. The van der Waals surface area contributed by atoms with Crippen LogP contribution in [0.15, 0.2) is 18.2 Å². The first kappa shape index (κ1) is 19.8. The van der Waals surface area contributed by atoms with E-state index in [1.165, 1.54) is 4.90 Å². The van der Waals surface area contributed by atoms with Crippen LogP contribution in [0.25, 0.3) is 0 Å². The average Bonchev–Trinajstić information content (AvgIpc) is 3.01. The van der Waals surface area contributed by atoms with Crippen molar-refractivity contribution < 1.29 is 23.8 Å². The van der Waals surface area contributed by atoms with Crippen LogP contribution in [0, 0.1) is 0 Å². The van der Waals surface area contributed by atoms with Gasteiger partial charge in [-0.25, -0.2) is 4.79 Å². The highest BCUT2D eigenvalue weighted by Crippen LogP contribution is 2.34. The number of hydrogen-bond donors (Lipinski definition) is 1. The van der Waals surface area contributed by atoms with Crippen molar-refractivity contribution in [3.63, 3.8) is 0 Å². The van der Waals surface area contributed by atoms with E-state index in [1.807, 2.05) is 6.92 Å². The van der Waals surface area contributed by atoms with E-state index in [9.17, 15) is 9.59 Å². The Morgan fingerprint density at radius 2 is 2.04 bits per heavy atom. The number of amides is 3. The van der Waals surface area contributed by atoms with Crippen LogP contribution in [-0.2, 0) is 9.53 Å². The minimum absolute atomic E-state index is 0.0379. The summed E-state index contributed by atoms with van der Waals surface area (Å²) in [5.74, 6) is 1.05. The second-order valence-corrected chi connectivity index (χ2v) is 5.79. The molecule has 1 fully saturated rings. The van der Waals surface area contributed by atoms with E-state index in [0.717, 1.165) is 6.42 Å². The number of rotatable bonds is 10. The second kappa shape index (κ2) is 9.86. The van der Waals surface area contributed by atoms with Crippen molar-refractivity contribution in [3.05, 3.63) is 18.2 Å². The second-order valence-electron chi connectivity index (χ2n) is 5.79. The van der Waals surface area contributed by atoms with Crippen molar-refractivity contribution in [2.45, 2.75) is 13.3 Å². The Kier molecular flexibility index (Phi) is 7.53. The molecule has 0 aliphatic carbocycles. The summed E-state index contributed by atoms with van der Waals surface area (Å²) in [5.41, 5.74) is 0.636. The maximum Gasteiger partial charge on any atom is 0.325 e. The van der Waals surface area contributed by atoms with Crippen LogP contribution in [0.3, 0.4) is 0 Å². The van der Waals surface area contributed by atoms with Crippen molar-refractivity contribution in [1.29, 1.82) is 0 Å². The van der Waals surface area contributed by atoms with E-state index in [0.29, 0.717) is 50.0 Å². The van der Waals surface area contributed by atoms with Gasteiger partial charge in [0.1, 0.15) is 18.0 Å². The molecule has 8 heteroatoms. The lowest BCUT2D eigenvalue weighted by Gasteiger charge is -2.21. The summed E-state index contributed by atoms with van der Waals surface area (Å²) < 4.78 is 15.8. The summed E-state index contributed by atoms with van der Waals surface area (Å²) in [6, 6.07) is 5.07. The number of anilines is 1. The molecular formula is C18H27N3O5. The maximum atomic E-state index is 12.7. The molecule has 0 radical (unpaired) electrons. The van der Waals surface area contributed by atoms with Gasteiger partial charge in [0.15, 0.2) is 0 Å². The van der Waals surface area contributed by atoms with Crippen LogP contribution in [0.1, 0.15) is 13.3 Å². The molecule has 1 heterocycles. The first-order valence-corrected chi connectivity index (χ1v) is 8.73. The number of hydrogen-bond acceptors (Lipinski definition) is 5. The third kappa shape index (κ3) is 5.01. The molecule has 0 atom stereocenters. The van der Waals surface area contributed by atoms with Crippen molar-refractivity contribution >= 4 is 17.6 Å². The van der Waals surface area contributed by atoms with Gasteiger partial charge in [0.05, 0.1) is 19.9 Å². The molecule has 26 heavy (non-hydrogen) atoms. The average molecular weight is 365 g/mol. The van der Waals surface area contributed by atoms with Gasteiger partial charge in [0.2, 0.25) is 5.91 Å². The summed E-state index contributed by atoms with van der Waals surface area (Å²) >= 11 is 0. The first-order chi connectivity index (χ1) is 12.6. The molecule has 2 rings (SSSR count). The monoisotopic (exact) mass is 365 g/mol. The fraction of sp³-hybridized carbons (Fsp3) is 0.556. The highest BCUT2D eigenvalue weighted by atomic mass is 16.5. The summed E-state index contributed by atoms with van der Waals surface area (Å²) in [6.07, 6.45) is 0.751. The summed E-state index contributed by atoms with van der Waals surface area (Å²) in [7, 11) is 3.12. The molecular weight excluding hydrogens is 338 g/mol. The Balaban J connectivity index is 1.92. The minimum atomic E-state index is -0.221. The molecule has 1 aromatic carbocycles. The Labute approximate surface area is 154 Å². The molecule has 0 spiro atoms.